The Morgan fingerprint density at radius 1 is 1.00 bits per heavy atom. The lowest BCUT2D eigenvalue weighted by molar-refractivity contribution is 0.942. The zero-order chi connectivity index (χ0) is 13.1. The van der Waals surface area contributed by atoms with Crippen molar-refractivity contribution in [3.05, 3.63) is 68.1 Å². The van der Waals surface area contributed by atoms with Crippen LogP contribution in [0.4, 0.5) is 0 Å². The quantitative estimate of drug-likeness (QED) is 0.506. The summed E-state index contributed by atoms with van der Waals surface area (Å²) in [6, 6.07) is 15.0. The number of aryl methyl sites for hydroxylation is 1. The summed E-state index contributed by atoms with van der Waals surface area (Å²) in [5, 5.41) is 0. The van der Waals surface area contributed by atoms with Crippen molar-refractivity contribution in [2.24, 2.45) is 0 Å². The number of hydrogen-bond donors (Lipinski definition) is 0. The third-order valence-electron chi connectivity index (χ3n) is 2.82. The van der Waals surface area contributed by atoms with Gasteiger partial charge in [-0.15, -0.1) is 0 Å². The predicted molar refractivity (Wildman–Crippen MR) is 88.4 cm³/mol. The van der Waals surface area contributed by atoms with Crippen molar-refractivity contribution in [3.8, 4) is 0 Å². The molecule has 0 aliphatic rings. The molecule has 0 heterocycles. The largest absolute Gasteiger partial charge is 0.0835 e. The summed E-state index contributed by atoms with van der Waals surface area (Å²) in [5.74, 6) is 0. The van der Waals surface area contributed by atoms with E-state index in [9.17, 15) is 0 Å². The first-order valence-electron chi connectivity index (χ1n) is 5.71. The van der Waals surface area contributed by atoms with Gasteiger partial charge >= 0.3 is 0 Å². The lowest BCUT2D eigenvalue weighted by atomic mass is 10.0. The Morgan fingerprint density at radius 2 is 1.67 bits per heavy atom. The minimum Gasteiger partial charge on any atom is -0.0835 e. The van der Waals surface area contributed by atoms with Crippen LogP contribution >= 0.6 is 47.8 Å². The summed E-state index contributed by atoms with van der Waals surface area (Å²) in [5.41, 5.74) is 3.89. The van der Waals surface area contributed by atoms with Gasteiger partial charge in [-0.2, -0.15) is 0 Å². The van der Waals surface area contributed by atoms with Gasteiger partial charge in [-0.25, -0.2) is 0 Å². The molecular weight excluding hydrogens is 420 g/mol. The molecule has 1 atom stereocenters. The number of hydrogen-bond acceptors (Lipinski definition) is 0. The van der Waals surface area contributed by atoms with Crippen molar-refractivity contribution in [2.45, 2.75) is 18.2 Å². The summed E-state index contributed by atoms with van der Waals surface area (Å²) in [6.45, 7) is 2.10. The normalized spacial score (nSPS) is 12.4. The lowest BCUT2D eigenvalue weighted by Crippen LogP contribution is -1.96. The van der Waals surface area contributed by atoms with E-state index in [-0.39, 0.29) is 0 Å². The fourth-order valence-electron chi connectivity index (χ4n) is 1.82. The monoisotopic (exact) mass is 430 g/mol. The molecule has 0 nitrogen and oxygen atoms in total. The molecule has 94 valence electrons. The highest BCUT2D eigenvalue weighted by molar-refractivity contribution is 9.11. The van der Waals surface area contributed by atoms with Gasteiger partial charge in [-0.05, 0) is 48.2 Å². The van der Waals surface area contributed by atoms with E-state index < -0.39 is 0 Å². The molecule has 0 fully saturated rings. The molecule has 0 spiro atoms. The van der Waals surface area contributed by atoms with Gasteiger partial charge in [-0.1, -0.05) is 72.1 Å². The third kappa shape index (κ3) is 3.69. The Morgan fingerprint density at radius 3 is 2.28 bits per heavy atom. The van der Waals surface area contributed by atoms with Gasteiger partial charge in [0.25, 0.3) is 0 Å². The van der Waals surface area contributed by atoms with Gasteiger partial charge < -0.3 is 0 Å². The number of rotatable bonds is 3. The van der Waals surface area contributed by atoms with Crippen LogP contribution in [0.25, 0.3) is 0 Å². The van der Waals surface area contributed by atoms with Gasteiger partial charge in [0.15, 0.2) is 0 Å². The highest BCUT2D eigenvalue weighted by Crippen LogP contribution is 2.33. The van der Waals surface area contributed by atoms with Crippen molar-refractivity contribution < 1.29 is 0 Å². The molecule has 0 N–H and O–H groups in total. The maximum absolute atomic E-state index is 3.77. The average Bonchev–Trinajstić information content (AvgIpc) is 2.32. The molecule has 0 bridgehead atoms. The van der Waals surface area contributed by atoms with Crippen molar-refractivity contribution in [1.29, 1.82) is 0 Å². The second kappa shape index (κ2) is 6.36. The van der Waals surface area contributed by atoms with Crippen LogP contribution in [0.15, 0.2) is 51.4 Å². The predicted octanol–water partition coefficient (Wildman–Crippen LogP) is 6.20. The summed E-state index contributed by atoms with van der Waals surface area (Å²) < 4.78 is 2.29. The second-order valence-electron chi connectivity index (χ2n) is 4.32. The van der Waals surface area contributed by atoms with E-state index >= 15 is 0 Å². The third-order valence-corrected chi connectivity index (χ3v) is 4.85. The maximum atomic E-state index is 3.77. The molecule has 0 radical (unpaired) electrons. The van der Waals surface area contributed by atoms with Crippen LogP contribution in [-0.2, 0) is 6.42 Å². The van der Waals surface area contributed by atoms with Crippen molar-refractivity contribution in [3.63, 3.8) is 0 Å². The molecule has 1 unspecified atom stereocenters. The Labute approximate surface area is 133 Å². The highest BCUT2D eigenvalue weighted by atomic mass is 79.9. The second-order valence-corrected chi connectivity index (χ2v) is 7.20. The van der Waals surface area contributed by atoms with Gasteiger partial charge in [-0.3, -0.25) is 0 Å². The molecule has 0 saturated carbocycles. The lowest BCUT2D eigenvalue weighted by Gasteiger charge is -2.13. The SMILES string of the molecule is Cc1ccc(C(Br)Cc2ccc(Br)cc2)c(Br)c1. The highest BCUT2D eigenvalue weighted by Gasteiger charge is 2.11. The average molecular weight is 433 g/mol. The van der Waals surface area contributed by atoms with Crippen molar-refractivity contribution in [1.82, 2.24) is 0 Å². The van der Waals surface area contributed by atoms with E-state index in [1.807, 2.05) is 0 Å². The summed E-state index contributed by atoms with van der Waals surface area (Å²) in [4.78, 5) is 0.327. The number of alkyl halides is 1. The maximum Gasteiger partial charge on any atom is 0.0446 e. The van der Waals surface area contributed by atoms with Crippen molar-refractivity contribution >= 4 is 47.8 Å². The van der Waals surface area contributed by atoms with Gasteiger partial charge in [0.2, 0.25) is 0 Å². The first-order valence-corrected chi connectivity index (χ1v) is 8.21. The summed E-state index contributed by atoms with van der Waals surface area (Å²) in [6.07, 6.45) is 0.981. The molecule has 2 aromatic rings. The topological polar surface area (TPSA) is 0 Å². The fraction of sp³-hybridized carbons (Fsp3) is 0.200. The molecule has 0 aliphatic carbocycles. The molecule has 0 saturated heterocycles. The van der Waals surface area contributed by atoms with Crippen molar-refractivity contribution in [2.75, 3.05) is 0 Å². The van der Waals surface area contributed by atoms with Crippen LogP contribution < -0.4 is 0 Å². The van der Waals surface area contributed by atoms with E-state index in [1.165, 1.54) is 21.2 Å². The van der Waals surface area contributed by atoms with E-state index in [1.54, 1.807) is 0 Å². The van der Waals surface area contributed by atoms with Gasteiger partial charge in [0, 0.05) is 13.8 Å². The van der Waals surface area contributed by atoms with E-state index in [4.69, 9.17) is 0 Å². The molecule has 3 heteroatoms. The first kappa shape index (κ1) is 14.3. The number of halogens is 3. The Bertz CT molecular complexity index is 532. The zero-order valence-corrected chi connectivity index (χ0v) is 14.7. The van der Waals surface area contributed by atoms with Crippen LogP contribution in [0.1, 0.15) is 21.5 Å². The molecule has 0 amide bonds. The van der Waals surface area contributed by atoms with Crippen LogP contribution in [0.5, 0.6) is 0 Å². The van der Waals surface area contributed by atoms with Crippen LogP contribution in [0.2, 0.25) is 0 Å². The van der Waals surface area contributed by atoms with Gasteiger partial charge in [0.1, 0.15) is 0 Å². The molecule has 2 rings (SSSR count). The Balaban J connectivity index is 2.16. The number of benzene rings is 2. The standard InChI is InChI=1S/C15H13Br3/c1-10-2-7-13(14(17)8-10)15(18)9-11-3-5-12(16)6-4-11/h2-8,15H,9H2,1H3. The van der Waals surface area contributed by atoms with Crippen LogP contribution in [-0.4, -0.2) is 0 Å². The minimum absolute atomic E-state index is 0.327. The Kier molecular flexibility index (Phi) is 5.05. The zero-order valence-electron chi connectivity index (χ0n) is 9.96. The van der Waals surface area contributed by atoms with E-state index in [2.05, 4.69) is 97.2 Å². The summed E-state index contributed by atoms with van der Waals surface area (Å²) in [7, 11) is 0. The molecule has 0 aromatic heterocycles. The molecule has 18 heavy (non-hydrogen) atoms. The molecule has 0 aliphatic heterocycles. The smallest absolute Gasteiger partial charge is 0.0446 e. The van der Waals surface area contributed by atoms with Crippen LogP contribution in [0.3, 0.4) is 0 Å². The van der Waals surface area contributed by atoms with E-state index in [0.717, 1.165) is 10.9 Å². The summed E-state index contributed by atoms with van der Waals surface area (Å²) >= 11 is 10.9. The molecule has 2 aromatic carbocycles. The fourth-order valence-corrected chi connectivity index (χ4v) is 3.94. The van der Waals surface area contributed by atoms with Gasteiger partial charge in [0.05, 0.1) is 0 Å². The van der Waals surface area contributed by atoms with Crippen LogP contribution in [0, 0.1) is 6.92 Å². The Hall–Kier alpha value is -0.120. The first-order chi connectivity index (χ1) is 8.56. The van der Waals surface area contributed by atoms with E-state index in [0.29, 0.717) is 4.83 Å². The minimum atomic E-state index is 0.327. The molecular formula is C15H13Br3.